The molecule has 6 heteroatoms. The van der Waals surface area contributed by atoms with Crippen molar-refractivity contribution in [3.63, 3.8) is 0 Å². The number of hydrogen-bond donors (Lipinski definition) is 3. The Morgan fingerprint density at radius 1 is 1.31 bits per heavy atom. The molecule has 0 aromatic rings. The molecule has 0 atom stereocenters. The summed E-state index contributed by atoms with van der Waals surface area (Å²) in [5.41, 5.74) is 4.95. The van der Waals surface area contributed by atoms with Crippen LogP contribution in [0, 0.1) is 5.41 Å². The molecule has 0 aliphatic heterocycles. The van der Waals surface area contributed by atoms with E-state index in [4.69, 9.17) is 18.0 Å². The van der Waals surface area contributed by atoms with Crippen molar-refractivity contribution in [2.45, 2.75) is 26.2 Å². The van der Waals surface area contributed by atoms with Gasteiger partial charge in [0.2, 0.25) is 11.8 Å². The molecular weight excluding hydrogens is 226 g/mol. The number of hydrogen-bond acceptors (Lipinski definition) is 3. The molecule has 1 aliphatic rings. The first-order valence-electron chi connectivity index (χ1n) is 5.32. The number of rotatable bonds is 5. The zero-order chi connectivity index (χ0) is 12.2. The van der Waals surface area contributed by atoms with E-state index in [1.807, 2.05) is 0 Å². The summed E-state index contributed by atoms with van der Waals surface area (Å²) in [5, 5.41) is 5.34. The highest BCUT2D eigenvalue weighted by atomic mass is 32.1. The van der Waals surface area contributed by atoms with Crippen LogP contribution in [0.3, 0.4) is 0 Å². The molecule has 0 aromatic heterocycles. The third-order valence-electron chi connectivity index (χ3n) is 2.90. The normalized spacial score (nSPS) is 17.1. The lowest BCUT2D eigenvalue weighted by Crippen LogP contribution is -2.54. The third kappa shape index (κ3) is 2.69. The second-order valence-corrected chi connectivity index (χ2v) is 4.48. The maximum Gasteiger partial charge on any atom is 0.233 e. The van der Waals surface area contributed by atoms with Crippen LogP contribution in [0.5, 0.6) is 0 Å². The zero-order valence-electron chi connectivity index (χ0n) is 9.34. The van der Waals surface area contributed by atoms with Gasteiger partial charge in [-0.2, -0.15) is 0 Å². The van der Waals surface area contributed by atoms with Crippen LogP contribution in [0.25, 0.3) is 0 Å². The van der Waals surface area contributed by atoms with Crippen molar-refractivity contribution in [1.82, 2.24) is 10.6 Å². The highest BCUT2D eigenvalue weighted by Crippen LogP contribution is 2.41. The third-order valence-corrected chi connectivity index (χ3v) is 3.29. The molecule has 1 fully saturated rings. The minimum Gasteiger partial charge on any atom is -0.392 e. The van der Waals surface area contributed by atoms with E-state index in [2.05, 4.69) is 10.6 Å². The standard InChI is InChI=1S/C10H17N3O2S/c1-7(14)12-5-6-13-9(15)10(8(11)16)3-2-4-10/h2-6H2,1H3,(H2,11,16)(H,12,14)(H,13,15). The van der Waals surface area contributed by atoms with Crippen molar-refractivity contribution >= 4 is 29.0 Å². The summed E-state index contributed by atoms with van der Waals surface area (Å²) in [6.07, 6.45) is 2.44. The molecule has 0 aromatic carbocycles. The summed E-state index contributed by atoms with van der Waals surface area (Å²) in [6, 6.07) is 0. The van der Waals surface area contributed by atoms with Crippen molar-refractivity contribution in [1.29, 1.82) is 0 Å². The van der Waals surface area contributed by atoms with Gasteiger partial charge in [0.05, 0.1) is 10.4 Å². The summed E-state index contributed by atoms with van der Waals surface area (Å²) in [7, 11) is 0. The molecule has 1 rings (SSSR count). The molecule has 90 valence electrons. The Kier molecular flexibility index (Phi) is 4.23. The second-order valence-electron chi connectivity index (χ2n) is 4.04. The largest absolute Gasteiger partial charge is 0.392 e. The van der Waals surface area contributed by atoms with Gasteiger partial charge in [-0.1, -0.05) is 18.6 Å². The van der Waals surface area contributed by atoms with Crippen LogP contribution in [-0.2, 0) is 9.59 Å². The number of carbonyl (C=O) groups is 2. The topological polar surface area (TPSA) is 84.2 Å². The predicted molar refractivity (Wildman–Crippen MR) is 64.8 cm³/mol. The monoisotopic (exact) mass is 243 g/mol. The van der Waals surface area contributed by atoms with Crippen LogP contribution in [0.4, 0.5) is 0 Å². The fraction of sp³-hybridized carbons (Fsp3) is 0.700. The number of carbonyl (C=O) groups excluding carboxylic acids is 2. The number of amides is 2. The van der Waals surface area contributed by atoms with E-state index in [9.17, 15) is 9.59 Å². The quantitative estimate of drug-likeness (QED) is 0.457. The Labute approximate surface area is 100 Å². The van der Waals surface area contributed by atoms with Gasteiger partial charge in [0.25, 0.3) is 0 Å². The molecular formula is C10H17N3O2S. The van der Waals surface area contributed by atoms with Crippen LogP contribution in [0.2, 0.25) is 0 Å². The first-order chi connectivity index (χ1) is 7.49. The highest BCUT2D eigenvalue weighted by Gasteiger charge is 2.46. The maximum atomic E-state index is 11.8. The van der Waals surface area contributed by atoms with Gasteiger partial charge in [0.1, 0.15) is 0 Å². The van der Waals surface area contributed by atoms with Crippen molar-refractivity contribution in [2.75, 3.05) is 13.1 Å². The number of thiocarbonyl (C=S) groups is 1. The maximum absolute atomic E-state index is 11.8. The molecule has 0 saturated heterocycles. The Morgan fingerprint density at radius 2 is 1.88 bits per heavy atom. The lowest BCUT2D eigenvalue weighted by molar-refractivity contribution is -0.131. The summed E-state index contributed by atoms with van der Waals surface area (Å²) in [6.45, 7) is 2.27. The van der Waals surface area contributed by atoms with Gasteiger partial charge in [-0.05, 0) is 12.8 Å². The van der Waals surface area contributed by atoms with Gasteiger partial charge in [0.15, 0.2) is 0 Å². The zero-order valence-corrected chi connectivity index (χ0v) is 10.2. The molecule has 0 unspecified atom stereocenters. The molecule has 16 heavy (non-hydrogen) atoms. The van der Waals surface area contributed by atoms with Crippen LogP contribution < -0.4 is 16.4 Å². The van der Waals surface area contributed by atoms with Gasteiger partial charge in [-0.3, -0.25) is 9.59 Å². The van der Waals surface area contributed by atoms with Gasteiger partial charge in [0, 0.05) is 20.0 Å². The average Bonchev–Trinajstić information content (AvgIpc) is 2.09. The smallest absolute Gasteiger partial charge is 0.233 e. The van der Waals surface area contributed by atoms with Crippen molar-refractivity contribution in [3.05, 3.63) is 0 Å². The molecule has 1 saturated carbocycles. The fourth-order valence-corrected chi connectivity index (χ4v) is 2.00. The van der Waals surface area contributed by atoms with Gasteiger partial charge in [-0.25, -0.2) is 0 Å². The molecule has 2 amide bonds. The van der Waals surface area contributed by atoms with E-state index in [-0.39, 0.29) is 16.8 Å². The highest BCUT2D eigenvalue weighted by molar-refractivity contribution is 7.80. The van der Waals surface area contributed by atoms with E-state index < -0.39 is 5.41 Å². The summed E-state index contributed by atoms with van der Waals surface area (Å²) in [4.78, 5) is 22.7. The van der Waals surface area contributed by atoms with Crippen LogP contribution in [0.1, 0.15) is 26.2 Å². The van der Waals surface area contributed by atoms with Crippen molar-refractivity contribution in [3.8, 4) is 0 Å². The predicted octanol–water partition coefficient (Wildman–Crippen LogP) is -0.305. The SMILES string of the molecule is CC(=O)NCCNC(=O)C1(C(N)=S)CCC1. The first kappa shape index (κ1) is 12.9. The molecule has 0 radical (unpaired) electrons. The Balaban J connectivity index is 2.34. The first-order valence-corrected chi connectivity index (χ1v) is 5.72. The van der Waals surface area contributed by atoms with Crippen molar-refractivity contribution < 1.29 is 9.59 Å². The molecule has 0 spiro atoms. The molecule has 4 N–H and O–H groups in total. The molecule has 0 heterocycles. The van der Waals surface area contributed by atoms with E-state index in [1.165, 1.54) is 6.92 Å². The number of nitrogens with two attached hydrogens (primary N) is 1. The van der Waals surface area contributed by atoms with Crippen molar-refractivity contribution in [2.24, 2.45) is 11.1 Å². The lowest BCUT2D eigenvalue weighted by Gasteiger charge is -2.39. The summed E-state index contributed by atoms with van der Waals surface area (Å²) in [5.74, 6) is -0.224. The van der Waals surface area contributed by atoms with Gasteiger partial charge < -0.3 is 16.4 Å². The van der Waals surface area contributed by atoms with Crippen LogP contribution in [-0.4, -0.2) is 29.9 Å². The average molecular weight is 243 g/mol. The van der Waals surface area contributed by atoms with E-state index >= 15 is 0 Å². The van der Waals surface area contributed by atoms with Gasteiger partial charge in [-0.15, -0.1) is 0 Å². The fourth-order valence-electron chi connectivity index (χ4n) is 1.70. The van der Waals surface area contributed by atoms with Crippen LogP contribution in [0.15, 0.2) is 0 Å². The number of nitrogens with one attached hydrogen (secondary N) is 2. The Morgan fingerprint density at radius 3 is 2.25 bits per heavy atom. The second kappa shape index (κ2) is 5.25. The summed E-state index contributed by atoms with van der Waals surface area (Å²) < 4.78 is 0. The van der Waals surface area contributed by atoms with E-state index in [0.29, 0.717) is 13.1 Å². The van der Waals surface area contributed by atoms with E-state index in [1.54, 1.807) is 0 Å². The Bertz CT molecular complexity index is 313. The molecule has 1 aliphatic carbocycles. The van der Waals surface area contributed by atoms with Crippen LogP contribution >= 0.6 is 12.2 Å². The molecule has 0 bridgehead atoms. The molecule has 5 nitrogen and oxygen atoms in total. The Hall–Kier alpha value is -1.17. The lowest BCUT2D eigenvalue weighted by atomic mass is 9.68. The van der Waals surface area contributed by atoms with Gasteiger partial charge >= 0.3 is 0 Å². The summed E-state index contributed by atoms with van der Waals surface area (Å²) >= 11 is 4.92. The minimum atomic E-state index is -0.633. The van der Waals surface area contributed by atoms with E-state index in [0.717, 1.165) is 19.3 Å². The minimum absolute atomic E-state index is 0.109.